The summed E-state index contributed by atoms with van der Waals surface area (Å²) in [6, 6.07) is 0. The first-order valence-corrected chi connectivity index (χ1v) is 4.22. The maximum absolute atomic E-state index is 10.4. The number of aromatic amines is 1. The lowest BCUT2D eigenvalue weighted by Crippen LogP contribution is -2.11. The number of imidazole rings is 1. The highest BCUT2D eigenvalue weighted by Crippen LogP contribution is 2.21. The van der Waals surface area contributed by atoms with Gasteiger partial charge in [-0.25, -0.2) is 9.99 Å². The van der Waals surface area contributed by atoms with Crippen molar-refractivity contribution in [2.24, 2.45) is 5.29 Å². The van der Waals surface area contributed by atoms with Crippen LogP contribution in [-0.4, -0.2) is 34.0 Å². The molecule has 0 aromatic carbocycles. The van der Waals surface area contributed by atoms with Gasteiger partial charge in [-0.15, -0.1) is 4.91 Å². The number of fused-ring (bicyclic) bond motifs is 1. The Morgan fingerprint density at radius 2 is 2.33 bits per heavy atom. The number of aromatic nitrogens is 4. The van der Waals surface area contributed by atoms with Gasteiger partial charge in [-0.3, -0.25) is 0 Å². The van der Waals surface area contributed by atoms with Crippen molar-refractivity contribution in [3.05, 3.63) is 11.2 Å². The molecule has 0 bridgehead atoms. The van der Waals surface area contributed by atoms with Gasteiger partial charge in [0, 0.05) is 14.1 Å². The van der Waals surface area contributed by atoms with Crippen LogP contribution in [0.2, 0.25) is 0 Å². The van der Waals surface area contributed by atoms with E-state index in [-0.39, 0.29) is 0 Å². The van der Waals surface area contributed by atoms with Crippen LogP contribution in [0, 0.1) is 4.91 Å². The maximum Gasteiger partial charge on any atom is 0.226 e. The highest BCUT2D eigenvalue weighted by atomic mass is 16.3. The molecule has 0 aliphatic heterocycles. The lowest BCUT2D eigenvalue weighted by molar-refractivity contribution is 0.965. The van der Waals surface area contributed by atoms with Crippen molar-refractivity contribution in [2.45, 2.75) is 0 Å². The highest BCUT2D eigenvalue weighted by molar-refractivity contribution is 5.83. The van der Waals surface area contributed by atoms with Crippen LogP contribution in [0.3, 0.4) is 0 Å². The number of nitroso groups, excluding NO2 is 1. The van der Waals surface area contributed by atoms with Crippen molar-refractivity contribution in [2.75, 3.05) is 24.4 Å². The fraction of sp³-hybridized carbons (Fsp3) is 0.286. The van der Waals surface area contributed by atoms with Crippen LogP contribution in [0.5, 0.6) is 0 Å². The average Bonchev–Trinajstić information content (AvgIpc) is 2.74. The van der Waals surface area contributed by atoms with Gasteiger partial charge in [-0.05, 0) is 0 Å². The number of H-pyrrole nitrogens is 1. The second-order valence-electron chi connectivity index (χ2n) is 2.83. The summed E-state index contributed by atoms with van der Waals surface area (Å²) < 4.78 is 0. The minimum Gasteiger partial charge on any atom is -0.357 e. The quantitative estimate of drug-likeness (QED) is 0.562. The summed E-state index contributed by atoms with van der Waals surface area (Å²) in [7, 11) is 3.20. The molecule has 2 aromatic heterocycles. The fourth-order valence-corrected chi connectivity index (χ4v) is 1.20. The summed E-state index contributed by atoms with van der Waals surface area (Å²) in [5.74, 6) is 0.775. The van der Waals surface area contributed by atoms with Gasteiger partial charge in [-0.1, -0.05) is 0 Å². The Balaban J connectivity index is 2.68. The Bertz CT molecular complexity index is 493. The minimum absolute atomic E-state index is 0.386. The third-order valence-electron chi connectivity index (χ3n) is 1.92. The van der Waals surface area contributed by atoms with Crippen molar-refractivity contribution in [1.82, 2.24) is 19.9 Å². The molecule has 0 saturated carbocycles. The Morgan fingerprint density at radius 1 is 1.53 bits per heavy atom. The van der Waals surface area contributed by atoms with E-state index in [9.17, 15) is 4.91 Å². The number of hydrogen-bond donors (Lipinski definition) is 2. The number of nitrogens with one attached hydrogen (secondary N) is 2. The van der Waals surface area contributed by atoms with E-state index in [4.69, 9.17) is 0 Å². The van der Waals surface area contributed by atoms with Crippen LogP contribution in [0.1, 0.15) is 0 Å². The van der Waals surface area contributed by atoms with Gasteiger partial charge in [0.2, 0.25) is 5.95 Å². The smallest absolute Gasteiger partial charge is 0.226 e. The van der Waals surface area contributed by atoms with E-state index in [0.717, 1.165) is 5.01 Å². The van der Waals surface area contributed by atoms with Crippen LogP contribution in [-0.2, 0) is 0 Å². The first-order chi connectivity index (χ1) is 7.26. The van der Waals surface area contributed by atoms with Gasteiger partial charge >= 0.3 is 0 Å². The monoisotopic (exact) mass is 207 g/mol. The molecule has 0 fully saturated rings. The molecule has 15 heavy (non-hydrogen) atoms. The van der Waals surface area contributed by atoms with Crippen molar-refractivity contribution in [3.63, 3.8) is 0 Å². The molecule has 0 aliphatic carbocycles. The molecular weight excluding hydrogens is 198 g/mol. The average molecular weight is 207 g/mol. The summed E-state index contributed by atoms with van der Waals surface area (Å²) in [6.07, 6.45) is 1.49. The molecule has 0 radical (unpaired) electrons. The van der Waals surface area contributed by atoms with Crippen LogP contribution < -0.4 is 10.3 Å². The molecule has 0 spiro atoms. The summed E-state index contributed by atoms with van der Waals surface area (Å²) in [6.45, 7) is 0. The molecule has 2 heterocycles. The number of rotatable bonds is 3. The van der Waals surface area contributed by atoms with Gasteiger partial charge in [0.1, 0.15) is 5.52 Å². The molecule has 2 N–H and O–H groups in total. The van der Waals surface area contributed by atoms with Crippen LogP contribution >= 0.6 is 0 Å². The van der Waals surface area contributed by atoms with Gasteiger partial charge in [-0.2, -0.15) is 9.97 Å². The normalized spacial score (nSPS) is 10.3. The molecule has 0 unspecified atom stereocenters. The third-order valence-corrected chi connectivity index (χ3v) is 1.92. The summed E-state index contributed by atoms with van der Waals surface area (Å²) in [5, 5.41) is 6.68. The second-order valence-corrected chi connectivity index (χ2v) is 2.83. The van der Waals surface area contributed by atoms with Crippen LogP contribution in [0.4, 0.5) is 11.8 Å². The highest BCUT2D eigenvalue weighted by Gasteiger charge is 2.13. The first-order valence-electron chi connectivity index (χ1n) is 4.22. The van der Waals surface area contributed by atoms with E-state index in [2.05, 4.69) is 30.5 Å². The number of hydrogen-bond acceptors (Lipinski definition) is 6. The van der Waals surface area contributed by atoms with Crippen molar-refractivity contribution < 1.29 is 0 Å². The Labute approximate surface area is 84.7 Å². The molecule has 0 saturated heterocycles. The molecular formula is C7H9N7O. The number of nitrogens with zero attached hydrogens (tertiary/aromatic N) is 5. The molecule has 8 heteroatoms. The molecule has 0 aliphatic rings. The van der Waals surface area contributed by atoms with Crippen molar-refractivity contribution in [3.8, 4) is 0 Å². The lowest BCUT2D eigenvalue weighted by atomic mass is 10.5. The zero-order valence-electron chi connectivity index (χ0n) is 8.22. The Kier molecular flexibility index (Phi) is 2.16. The first kappa shape index (κ1) is 9.31. The predicted molar refractivity (Wildman–Crippen MR) is 55.4 cm³/mol. The molecule has 78 valence electrons. The molecule has 0 atom stereocenters. The largest absolute Gasteiger partial charge is 0.357 e. The van der Waals surface area contributed by atoms with E-state index < -0.39 is 0 Å². The maximum atomic E-state index is 10.4. The van der Waals surface area contributed by atoms with Gasteiger partial charge in [0.25, 0.3) is 0 Å². The van der Waals surface area contributed by atoms with Crippen molar-refractivity contribution in [1.29, 1.82) is 0 Å². The molecule has 2 aromatic rings. The van der Waals surface area contributed by atoms with Gasteiger partial charge < -0.3 is 10.3 Å². The van der Waals surface area contributed by atoms with E-state index in [1.807, 2.05) is 0 Å². The Morgan fingerprint density at radius 3 is 3.00 bits per heavy atom. The van der Waals surface area contributed by atoms with Crippen molar-refractivity contribution >= 4 is 22.9 Å². The SMILES string of the molecule is CNc1nc(N(C)N=O)c2[nH]cnc2n1. The van der Waals surface area contributed by atoms with Crippen LogP contribution in [0.25, 0.3) is 11.2 Å². The van der Waals surface area contributed by atoms with E-state index in [1.165, 1.54) is 13.4 Å². The zero-order valence-corrected chi connectivity index (χ0v) is 8.22. The number of anilines is 2. The van der Waals surface area contributed by atoms with E-state index in [1.54, 1.807) is 7.05 Å². The summed E-state index contributed by atoms with van der Waals surface area (Å²) >= 11 is 0. The molecule has 2 rings (SSSR count). The summed E-state index contributed by atoms with van der Waals surface area (Å²) in [5.41, 5.74) is 1.07. The van der Waals surface area contributed by atoms with Gasteiger partial charge in [0.05, 0.1) is 11.6 Å². The third kappa shape index (κ3) is 1.45. The topological polar surface area (TPSA) is 99.2 Å². The lowest BCUT2D eigenvalue weighted by Gasteiger charge is -2.09. The standard InChI is InChI=1S/C7H9N7O/c1-8-7-11-5-4(9-3-10-5)6(12-7)14(2)13-15/h3H,1-2H3,(H2,8,9,10,11,12). The van der Waals surface area contributed by atoms with Crippen LogP contribution in [0.15, 0.2) is 11.6 Å². The second kappa shape index (κ2) is 3.48. The molecule has 8 nitrogen and oxygen atoms in total. The Hall–Kier alpha value is -2.25. The zero-order chi connectivity index (χ0) is 10.8. The van der Waals surface area contributed by atoms with E-state index in [0.29, 0.717) is 22.9 Å². The minimum atomic E-state index is 0.386. The van der Waals surface area contributed by atoms with Gasteiger partial charge in [0.15, 0.2) is 11.5 Å². The predicted octanol–water partition coefficient (Wildman–Crippen LogP) is 0.512. The van der Waals surface area contributed by atoms with E-state index >= 15 is 0 Å². The summed E-state index contributed by atoms with van der Waals surface area (Å²) in [4.78, 5) is 25.5. The molecule has 0 amide bonds. The fourth-order valence-electron chi connectivity index (χ4n) is 1.20.